The molecule has 4 nitrogen and oxygen atoms in total. The molecule has 2 N–H and O–H groups in total. The number of anilines is 1. The molecule has 8 heteroatoms. The first-order chi connectivity index (χ1) is 8.90. The summed E-state index contributed by atoms with van der Waals surface area (Å²) in [5, 5.41) is 4.13. The van der Waals surface area contributed by atoms with Gasteiger partial charge in [-0.1, -0.05) is 23.2 Å². The van der Waals surface area contributed by atoms with Crippen molar-refractivity contribution in [3.63, 3.8) is 0 Å². The fourth-order valence-corrected chi connectivity index (χ4v) is 2.35. The lowest BCUT2D eigenvalue weighted by atomic mass is 10.2. The molecule has 0 saturated carbocycles. The Labute approximate surface area is 127 Å². The van der Waals surface area contributed by atoms with Gasteiger partial charge in [0.2, 0.25) is 5.95 Å². The van der Waals surface area contributed by atoms with Crippen molar-refractivity contribution in [2.45, 2.75) is 6.92 Å². The zero-order chi connectivity index (χ0) is 14.2. The summed E-state index contributed by atoms with van der Waals surface area (Å²) < 4.78 is 15.6. The summed E-state index contributed by atoms with van der Waals surface area (Å²) >= 11 is 14.8. The predicted molar refractivity (Wildman–Crippen MR) is 78.5 cm³/mol. The molecule has 0 aliphatic carbocycles. The Hall–Kier alpha value is -1.11. The maximum atomic E-state index is 13.9. The van der Waals surface area contributed by atoms with Gasteiger partial charge in [0.25, 0.3) is 0 Å². The van der Waals surface area contributed by atoms with E-state index in [9.17, 15) is 4.39 Å². The van der Waals surface area contributed by atoms with Gasteiger partial charge in [-0.3, -0.25) is 0 Å². The Balaban J connectivity index is 2.44. The molecule has 0 aliphatic rings. The van der Waals surface area contributed by atoms with Crippen molar-refractivity contribution in [2.24, 2.45) is 5.10 Å². The number of halogens is 4. The standard InChI is InChI=1S/C11H8BrCl2FN4/c1-5-4-19(11(16)18-5)17-3-6-8(13)2-7(12)9(14)10(6)15/h2-4H,1H3,(H2,16,18). The third-order valence-corrected chi connectivity index (χ3v) is 3.83. The monoisotopic (exact) mass is 364 g/mol. The van der Waals surface area contributed by atoms with Crippen molar-refractivity contribution in [2.75, 3.05) is 5.73 Å². The first kappa shape index (κ1) is 14.3. The lowest BCUT2D eigenvalue weighted by Gasteiger charge is -2.04. The molecule has 2 rings (SSSR count). The summed E-state index contributed by atoms with van der Waals surface area (Å²) in [4.78, 5) is 3.97. The number of rotatable bonds is 2. The highest BCUT2D eigenvalue weighted by Gasteiger charge is 2.13. The Bertz CT molecular complexity index is 669. The molecule has 1 aromatic heterocycles. The van der Waals surface area contributed by atoms with Crippen LogP contribution in [0.15, 0.2) is 21.8 Å². The van der Waals surface area contributed by atoms with Crippen LogP contribution in [0.1, 0.15) is 11.3 Å². The van der Waals surface area contributed by atoms with Crippen LogP contribution in [0.3, 0.4) is 0 Å². The Morgan fingerprint density at radius 3 is 2.79 bits per heavy atom. The summed E-state index contributed by atoms with van der Waals surface area (Å²) in [6.45, 7) is 1.77. The summed E-state index contributed by atoms with van der Waals surface area (Å²) in [6.07, 6.45) is 2.85. The van der Waals surface area contributed by atoms with Crippen molar-refractivity contribution in [3.8, 4) is 0 Å². The second-order valence-electron chi connectivity index (χ2n) is 3.71. The van der Waals surface area contributed by atoms with E-state index in [-0.39, 0.29) is 21.6 Å². The van der Waals surface area contributed by atoms with Gasteiger partial charge in [-0.05, 0) is 28.9 Å². The van der Waals surface area contributed by atoms with Crippen LogP contribution in [0.25, 0.3) is 0 Å². The normalized spacial score (nSPS) is 11.4. The van der Waals surface area contributed by atoms with E-state index in [1.807, 2.05) is 0 Å². The number of hydrogen-bond acceptors (Lipinski definition) is 3. The summed E-state index contributed by atoms with van der Waals surface area (Å²) in [5.41, 5.74) is 6.40. The Morgan fingerprint density at radius 1 is 1.53 bits per heavy atom. The Morgan fingerprint density at radius 2 is 2.21 bits per heavy atom. The molecule has 1 aromatic carbocycles. The molecule has 0 saturated heterocycles. The molecule has 100 valence electrons. The second-order valence-corrected chi connectivity index (χ2v) is 5.35. The van der Waals surface area contributed by atoms with Crippen molar-refractivity contribution < 1.29 is 4.39 Å². The molecule has 0 atom stereocenters. The second kappa shape index (κ2) is 5.48. The van der Waals surface area contributed by atoms with E-state index in [0.717, 1.165) is 0 Å². The lowest BCUT2D eigenvalue weighted by molar-refractivity contribution is 0.625. The van der Waals surface area contributed by atoms with Crippen molar-refractivity contribution in [1.29, 1.82) is 0 Å². The minimum atomic E-state index is -0.653. The van der Waals surface area contributed by atoms with Crippen LogP contribution in [-0.2, 0) is 0 Å². The van der Waals surface area contributed by atoms with Crippen LogP contribution in [-0.4, -0.2) is 15.9 Å². The number of aromatic nitrogens is 2. The van der Waals surface area contributed by atoms with Crippen LogP contribution < -0.4 is 5.73 Å². The number of hydrogen-bond donors (Lipinski definition) is 1. The summed E-state index contributed by atoms with van der Waals surface area (Å²) in [5.74, 6) is -0.450. The highest BCUT2D eigenvalue weighted by molar-refractivity contribution is 9.10. The number of aryl methyl sites for hydroxylation is 1. The van der Waals surface area contributed by atoms with Crippen molar-refractivity contribution in [1.82, 2.24) is 9.66 Å². The first-order valence-corrected chi connectivity index (χ1v) is 6.64. The molecule has 0 unspecified atom stereocenters. The van der Waals surface area contributed by atoms with E-state index in [0.29, 0.717) is 10.2 Å². The number of nitrogen functional groups attached to an aromatic ring is 1. The molecule has 1 heterocycles. The van der Waals surface area contributed by atoms with Gasteiger partial charge in [0, 0.05) is 4.47 Å². The number of nitrogens with zero attached hydrogens (tertiary/aromatic N) is 3. The minimum absolute atomic E-state index is 0.0550. The van der Waals surface area contributed by atoms with Gasteiger partial charge in [-0.15, -0.1) is 0 Å². The van der Waals surface area contributed by atoms with E-state index in [4.69, 9.17) is 28.9 Å². The fraction of sp³-hybridized carbons (Fsp3) is 0.0909. The molecule has 0 amide bonds. The molecule has 0 spiro atoms. The van der Waals surface area contributed by atoms with Gasteiger partial charge in [0.05, 0.1) is 33.7 Å². The highest BCUT2D eigenvalue weighted by Crippen LogP contribution is 2.32. The zero-order valence-electron chi connectivity index (χ0n) is 9.66. The summed E-state index contributed by atoms with van der Waals surface area (Å²) in [7, 11) is 0. The molecule has 0 radical (unpaired) electrons. The van der Waals surface area contributed by atoms with E-state index < -0.39 is 5.82 Å². The number of imidazole rings is 1. The van der Waals surface area contributed by atoms with E-state index in [2.05, 4.69) is 26.0 Å². The lowest BCUT2D eigenvalue weighted by Crippen LogP contribution is -1.99. The van der Waals surface area contributed by atoms with Gasteiger partial charge in [0.1, 0.15) is 0 Å². The van der Waals surface area contributed by atoms with E-state index in [1.54, 1.807) is 13.1 Å². The van der Waals surface area contributed by atoms with Crippen LogP contribution in [0.5, 0.6) is 0 Å². The molecule has 19 heavy (non-hydrogen) atoms. The smallest absolute Gasteiger partial charge is 0.221 e. The average molecular weight is 366 g/mol. The Kier molecular flexibility index (Phi) is 4.13. The van der Waals surface area contributed by atoms with Gasteiger partial charge in [0.15, 0.2) is 5.82 Å². The quantitative estimate of drug-likeness (QED) is 0.499. The van der Waals surface area contributed by atoms with Crippen molar-refractivity contribution >= 4 is 51.3 Å². The topological polar surface area (TPSA) is 56.2 Å². The number of benzene rings is 1. The largest absolute Gasteiger partial charge is 0.368 e. The molecule has 0 bridgehead atoms. The SMILES string of the molecule is Cc1cn(N=Cc2c(Cl)cc(Br)c(Cl)c2F)c(N)n1. The highest BCUT2D eigenvalue weighted by atomic mass is 79.9. The van der Waals surface area contributed by atoms with E-state index in [1.165, 1.54) is 17.0 Å². The van der Waals surface area contributed by atoms with Crippen LogP contribution in [0, 0.1) is 12.7 Å². The van der Waals surface area contributed by atoms with Crippen LogP contribution in [0.2, 0.25) is 10.0 Å². The average Bonchev–Trinajstić information content (AvgIpc) is 2.65. The maximum Gasteiger partial charge on any atom is 0.221 e. The molecule has 0 fully saturated rings. The maximum absolute atomic E-state index is 13.9. The van der Waals surface area contributed by atoms with Crippen LogP contribution in [0.4, 0.5) is 10.3 Å². The molecule has 2 aromatic rings. The van der Waals surface area contributed by atoms with Gasteiger partial charge < -0.3 is 5.73 Å². The third-order valence-electron chi connectivity index (χ3n) is 2.30. The third kappa shape index (κ3) is 2.91. The number of nitrogens with two attached hydrogens (primary N) is 1. The minimum Gasteiger partial charge on any atom is -0.368 e. The fourth-order valence-electron chi connectivity index (χ4n) is 1.41. The molecular weight excluding hydrogens is 358 g/mol. The predicted octanol–water partition coefficient (Wildman–Crippen LogP) is 3.86. The van der Waals surface area contributed by atoms with Crippen molar-refractivity contribution in [3.05, 3.63) is 43.9 Å². The summed E-state index contributed by atoms with van der Waals surface area (Å²) in [6, 6.07) is 1.50. The van der Waals surface area contributed by atoms with Crippen LogP contribution >= 0.6 is 39.1 Å². The first-order valence-electron chi connectivity index (χ1n) is 5.09. The van der Waals surface area contributed by atoms with Gasteiger partial charge in [-0.25, -0.2) is 14.1 Å². The van der Waals surface area contributed by atoms with Gasteiger partial charge in [-0.2, -0.15) is 5.10 Å². The van der Waals surface area contributed by atoms with E-state index >= 15 is 0 Å². The molecular formula is C11H8BrCl2FN4. The molecule has 0 aliphatic heterocycles. The zero-order valence-corrected chi connectivity index (χ0v) is 12.8. The van der Waals surface area contributed by atoms with Gasteiger partial charge >= 0.3 is 0 Å².